The Bertz CT molecular complexity index is 654. The molecule has 0 fully saturated rings. The summed E-state index contributed by atoms with van der Waals surface area (Å²) < 4.78 is 11.1. The van der Waals surface area contributed by atoms with E-state index in [4.69, 9.17) is 9.47 Å². The smallest absolute Gasteiger partial charge is 0.196 e. The van der Waals surface area contributed by atoms with E-state index in [1.165, 1.54) is 0 Å². The van der Waals surface area contributed by atoms with Crippen LogP contribution in [0.3, 0.4) is 0 Å². The van der Waals surface area contributed by atoms with Crippen molar-refractivity contribution < 1.29 is 14.3 Å². The predicted molar refractivity (Wildman–Crippen MR) is 76.8 cm³/mol. The molecule has 2 aromatic carbocycles. The number of fused-ring (bicyclic) bond motifs is 1. The molecule has 0 N–H and O–H groups in total. The average molecular weight is 268 g/mol. The molecule has 0 saturated carbocycles. The minimum Gasteiger partial charge on any atom is -0.486 e. The molecule has 0 aromatic heterocycles. The fraction of sp³-hybridized carbons (Fsp3) is 0.235. The first-order valence-electron chi connectivity index (χ1n) is 6.67. The second-order valence-corrected chi connectivity index (χ2v) is 5.04. The van der Waals surface area contributed by atoms with E-state index in [0.717, 1.165) is 11.1 Å². The van der Waals surface area contributed by atoms with Crippen LogP contribution in [-0.4, -0.2) is 19.0 Å². The van der Waals surface area contributed by atoms with Gasteiger partial charge in [-0.2, -0.15) is 0 Å². The molecule has 0 saturated heterocycles. The van der Waals surface area contributed by atoms with E-state index >= 15 is 0 Å². The molecule has 1 heterocycles. The zero-order valence-corrected chi connectivity index (χ0v) is 11.6. The van der Waals surface area contributed by atoms with Crippen LogP contribution < -0.4 is 9.47 Å². The molecule has 0 aliphatic carbocycles. The summed E-state index contributed by atoms with van der Waals surface area (Å²) in [5.74, 6) is 1.17. The third-order valence-corrected chi connectivity index (χ3v) is 3.29. The van der Waals surface area contributed by atoms with Gasteiger partial charge < -0.3 is 9.47 Å². The molecule has 3 heteroatoms. The number of aryl methyl sites for hydroxylation is 2. The summed E-state index contributed by atoms with van der Waals surface area (Å²) in [6, 6.07) is 11.3. The lowest BCUT2D eigenvalue weighted by Crippen LogP contribution is -2.18. The summed E-state index contributed by atoms with van der Waals surface area (Å²) in [4.78, 5) is 12.7. The Hall–Kier alpha value is -2.29. The lowest BCUT2D eigenvalue weighted by atomic mass is 9.98. The first-order chi connectivity index (χ1) is 9.65. The number of carbonyl (C=O) groups is 1. The van der Waals surface area contributed by atoms with E-state index in [1.54, 1.807) is 6.07 Å². The van der Waals surface area contributed by atoms with Crippen LogP contribution in [0.15, 0.2) is 36.4 Å². The Morgan fingerprint density at radius 1 is 1.00 bits per heavy atom. The van der Waals surface area contributed by atoms with Crippen LogP contribution >= 0.6 is 0 Å². The molecular weight excluding hydrogens is 252 g/mol. The number of hydrogen-bond donors (Lipinski definition) is 0. The predicted octanol–water partition coefficient (Wildman–Crippen LogP) is 3.31. The molecule has 0 amide bonds. The van der Waals surface area contributed by atoms with Gasteiger partial charge in [0.15, 0.2) is 17.3 Å². The topological polar surface area (TPSA) is 35.5 Å². The van der Waals surface area contributed by atoms with E-state index in [2.05, 4.69) is 6.07 Å². The number of benzene rings is 2. The van der Waals surface area contributed by atoms with Gasteiger partial charge in [-0.05, 0) is 38.1 Å². The first-order valence-corrected chi connectivity index (χ1v) is 6.67. The Labute approximate surface area is 118 Å². The summed E-state index contributed by atoms with van der Waals surface area (Å²) >= 11 is 0. The van der Waals surface area contributed by atoms with Crippen LogP contribution in [0, 0.1) is 13.8 Å². The summed E-state index contributed by atoms with van der Waals surface area (Å²) in [5, 5.41) is 0. The summed E-state index contributed by atoms with van der Waals surface area (Å²) in [6.45, 7) is 4.98. The number of carbonyl (C=O) groups excluding carboxylic acids is 1. The van der Waals surface area contributed by atoms with Gasteiger partial charge in [-0.15, -0.1) is 0 Å². The molecule has 0 spiro atoms. The second kappa shape index (κ2) is 5.00. The molecule has 0 atom stereocenters. The Morgan fingerprint density at radius 2 is 1.70 bits per heavy atom. The number of hydrogen-bond acceptors (Lipinski definition) is 3. The third kappa shape index (κ3) is 2.27. The van der Waals surface area contributed by atoms with E-state index in [9.17, 15) is 4.79 Å². The minimum atomic E-state index is -0.0286. The van der Waals surface area contributed by atoms with Crippen molar-refractivity contribution >= 4 is 5.78 Å². The van der Waals surface area contributed by atoms with Gasteiger partial charge in [-0.1, -0.05) is 23.3 Å². The number of ether oxygens (including phenoxy) is 2. The highest BCUT2D eigenvalue weighted by Crippen LogP contribution is 2.34. The zero-order chi connectivity index (χ0) is 14.1. The fourth-order valence-electron chi connectivity index (χ4n) is 2.51. The number of rotatable bonds is 2. The van der Waals surface area contributed by atoms with Crippen molar-refractivity contribution in [3.8, 4) is 11.5 Å². The standard InChI is InChI=1S/C17H16O3/c1-11-8-12(2)10-13(9-11)16(18)14-4-3-5-15-17(14)20-7-6-19-15/h3-5,8-10H,6-7H2,1-2H3. The van der Waals surface area contributed by atoms with Crippen LogP contribution in [0.2, 0.25) is 0 Å². The van der Waals surface area contributed by atoms with Gasteiger partial charge in [0.25, 0.3) is 0 Å². The highest BCUT2D eigenvalue weighted by molar-refractivity contribution is 6.11. The average Bonchev–Trinajstić information content (AvgIpc) is 2.45. The van der Waals surface area contributed by atoms with Gasteiger partial charge in [0.2, 0.25) is 0 Å². The molecular formula is C17H16O3. The quantitative estimate of drug-likeness (QED) is 0.784. The van der Waals surface area contributed by atoms with Gasteiger partial charge in [-0.3, -0.25) is 4.79 Å². The molecule has 3 nitrogen and oxygen atoms in total. The molecule has 20 heavy (non-hydrogen) atoms. The van der Waals surface area contributed by atoms with Gasteiger partial charge in [-0.25, -0.2) is 0 Å². The van der Waals surface area contributed by atoms with E-state index in [0.29, 0.717) is 35.8 Å². The molecule has 0 unspecified atom stereocenters. The van der Waals surface area contributed by atoms with Gasteiger partial charge in [0.05, 0.1) is 5.56 Å². The van der Waals surface area contributed by atoms with Crippen molar-refractivity contribution in [1.29, 1.82) is 0 Å². The SMILES string of the molecule is Cc1cc(C)cc(C(=O)c2cccc3c2OCCO3)c1. The van der Waals surface area contributed by atoms with Gasteiger partial charge in [0, 0.05) is 5.56 Å². The normalized spacial score (nSPS) is 13.1. The van der Waals surface area contributed by atoms with Crippen molar-refractivity contribution in [3.05, 3.63) is 58.7 Å². The van der Waals surface area contributed by atoms with Crippen LogP contribution in [0.1, 0.15) is 27.0 Å². The maximum Gasteiger partial charge on any atom is 0.196 e. The molecule has 3 rings (SSSR count). The third-order valence-electron chi connectivity index (χ3n) is 3.29. The maximum absolute atomic E-state index is 12.7. The Kier molecular flexibility index (Phi) is 3.18. The van der Waals surface area contributed by atoms with Crippen LogP contribution in [0.5, 0.6) is 11.5 Å². The maximum atomic E-state index is 12.7. The van der Waals surface area contributed by atoms with Crippen LogP contribution in [0.4, 0.5) is 0 Å². The zero-order valence-electron chi connectivity index (χ0n) is 11.6. The molecule has 2 aromatic rings. The molecule has 1 aliphatic heterocycles. The Balaban J connectivity index is 2.06. The summed E-state index contributed by atoms with van der Waals surface area (Å²) in [6.07, 6.45) is 0. The van der Waals surface area contributed by atoms with Crippen LogP contribution in [0.25, 0.3) is 0 Å². The minimum absolute atomic E-state index is 0.0286. The molecule has 102 valence electrons. The van der Waals surface area contributed by atoms with E-state index < -0.39 is 0 Å². The fourth-order valence-corrected chi connectivity index (χ4v) is 2.51. The van der Waals surface area contributed by atoms with Crippen LogP contribution in [-0.2, 0) is 0 Å². The number of para-hydroxylation sites is 1. The van der Waals surface area contributed by atoms with E-state index in [1.807, 2.05) is 38.1 Å². The first kappa shape index (κ1) is 12.7. The van der Waals surface area contributed by atoms with Gasteiger partial charge >= 0.3 is 0 Å². The Morgan fingerprint density at radius 3 is 2.45 bits per heavy atom. The molecule has 0 bridgehead atoms. The summed E-state index contributed by atoms with van der Waals surface area (Å²) in [5.41, 5.74) is 3.41. The van der Waals surface area contributed by atoms with Gasteiger partial charge in [0.1, 0.15) is 13.2 Å². The van der Waals surface area contributed by atoms with Crippen molar-refractivity contribution in [2.75, 3.05) is 13.2 Å². The van der Waals surface area contributed by atoms with Crippen molar-refractivity contribution in [2.24, 2.45) is 0 Å². The summed E-state index contributed by atoms with van der Waals surface area (Å²) in [7, 11) is 0. The van der Waals surface area contributed by atoms with Crippen molar-refractivity contribution in [3.63, 3.8) is 0 Å². The van der Waals surface area contributed by atoms with Crippen molar-refractivity contribution in [2.45, 2.75) is 13.8 Å². The van der Waals surface area contributed by atoms with Crippen molar-refractivity contribution in [1.82, 2.24) is 0 Å². The lowest BCUT2D eigenvalue weighted by molar-refractivity contribution is 0.102. The highest BCUT2D eigenvalue weighted by Gasteiger charge is 2.21. The monoisotopic (exact) mass is 268 g/mol. The molecule has 0 radical (unpaired) electrons. The largest absolute Gasteiger partial charge is 0.486 e. The molecule has 1 aliphatic rings. The second-order valence-electron chi connectivity index (χ2n) is 5.04. The lowest BCUT2D eigenvalue weighted by Gasteiger charge is -2.20. The van der Waals surface area contributed by atoms with E-state index in [-0.39, 0.29) is 5.78 Å². The number of ketones is 1. The highest BCUT2D eigenvalue weighted by atomic mass is 16.6.